The summed E-state index contributed by atoms with van der Waals surface area (Å²) in [6.45, 7) is 7.19. The minimum absolute atomic E-state index is 0.0866. The Balaban J connectivity index is 1.52. The van der Waals surface area contributed by atoms with Gasteiger partial charge in [-0.1, -0.05) is 26.0 Å². The smallest absolute Gasteiger partial charge is 0.249 e. The van der Waals surface area contributed by atoms with Crippen LogP contribution in [0.2, 0.25) is 0 Å². The first-order valence-corrected chi connectivity index (χ1v) is 9.19. The number of nitrogens with zero attached hydrogens (tertiary/aromatic N) is 6. The summed E-state index contributed by atoms with van der Waals surface area (Å²) in [4.78, 5) is 25.4. The lowest BCUT2D eigenvalue weighted by Gasteiger charge is -2.36. The molecule has 0 radical (unpaired) electrons. The lowest BCUT2D eigenvalue weighted by molar-refractivity contribution is -0.118. The van der Waals surface area contributed by atoms with Crippen LogP contribution in [0.25, 0.3) is 5.65 Å². The topological polar surface area (TPSA) is 78.7 Å². The van der Waals surface area contributed by atoms with Crippen LogP contribution < -0.4 is 15.1 Å². The van der Waals surface area contributed by atoms with Crippen molar-refractivity contribution in [2.45, 2.75) is 13.8 Å². The summed E-state index contributed by atoms with van der Waals surface area (Å²) >= 11 is 0. The molecule has 0 aromatic carbocycles. The van der Waals surface area contributed by atoms with E-state index in [1.54, 1.807) is 4.52 Å². The van der Waals surface area contributed by atoms with Gasteiger partial charge in [-0.2, -0.15) is 9.50 Å². The van der Waals surface area contributed by atoms with Gasteiger partial charge in [0.05, 0.1) is 0 Å². The molecule has 8 heteroatoms. The van der Waals surface area contributed by atoms with E-state index in [0.29, 0.717) is 5.95 Å². The molecular formula is C19H23N7O. The van der Waals surface area contributed by atoms with Crippen LogP contribution in [0.1, 0.15) is 13.8 Å². The molecule has 1 saturated heterocycles. The van der Waals surface area contributed by atoms with Crippen molar-refractivity contribution in [2.75, 3.05) is 41.3 Å². The number of carbonyl (C=O) groups excluding carboxylic acids is 1. The molecule has 1 aliphatic heterocycles. The Kier molecular flexibility index (Phi) is 4.62. The van der Waals surface area contributed by atoms with Crippen LogP contribution in [-0.2, 0) is 4.79 Å². The molecule has 3 aromatic rings. The second-order valence-electron chi connectivity index (χ2n) is 6.90. The van der Waals surface area contributed by atoms with Crippen molar-refractivity contribution >= 4 is 29.1 Å². The minimum atomic E-state index is -0.115. The van der Waals surface area contributed by atoms with Gasteiger partial charge in [0.15, 0.2) is 5.65 Å². The van der Waals surface area contributed by atoms with Crippen LogP contribution in [0, 0.1) is 5.92 Å². The highest BCUT2D eigenvalue weighted by Gasteiger charge is 2.21. The van der Waals surface area contributed by atoms with Gasteiger partial charge in [0, 0.05) is 38.3 Å². The van der Waals surface area contributed by atoms with Gasteiger partial charge in [-0.15, -0.1) is 5.10 Å². The maximum absolute atomic E-state index is 11.9. The zero-order valence-corrected chi connectivity index (χ0v) is 15.5. The second kappa shape index (κ2) is 7.22. The maximum Gasteiger partial charge on any atom is 0.249 e. The van der Waals surface area contributed by atoms with E-state index in [1.165, 1.54) is 0 Å². The SMILES string of the molecule is CC(C)C(=O)Nc1nc2cccc(N3CCN(c4ccccn4)CC3)n2n1. The Bertz CT molecular complexity index is 930. The number of piperazine rings is 1. The second-order valence-corrected chi connectivity index (χ2v) is 6.90. The van der Waals surface area contributed by atoms with Crippen LogP contribution in [0.3, 0.4) is 0 Å². The maximum atomic E-state index is 11.9. The van der Waals surface area contributed by atoms with Gasteiger partial charge in [0.25, 0.3) is 0 Å². The lowest BCUT2D eigenvalue weighted by Crippen LogP contribution is -2.47. The monoisotopic (exact) mass is 365 g/mol. The predicted molar refractivity (Wildman–Crippen MR) is 105 cm³/mol. The molecular weight excluding hydrogens is 342 g/mol. The molecule has 27 heavy (non-hydrogen) atoms. The molecule has 140 valence electrons. The van der Waals surface area contributed by atoms with Crippen LogP contribution in [0.15, 0.2) is 42.6 Å². The molecule has 0 atom stereocenters. The number of anilines is 3. The van der Waals surface area contributed by atoms with Gasteiger partial charge in [-0.3, -0.25) is 10.1 Å². The Labute approximate surface area is 157 Å². The van der Waals surface area contributed by atoms with E-state index in [4.69, 9.17) is 0 Å². The number of rotatable bonds is 4. The van der Waals surface area contributed by atoms with E-state index in [0.717, 1.165) is 43.5 Å². The normalized spacial score (nSPS) is 14.8. The van der Waals surface area contributed by atoms with Crippen molar-refractivity contribution in [1.82, 2.24) is 19.6 Å². The first-order valence-electron chi connectivity index (χ1n) is 9.19. The molecule has 0 aliphatic carbocycles. The first kappa shape index (κ1) is 17.3. The van der Waals surface area contributed by atoms with E-state index < -0.39 is 0 Å². The van der Waals surface area contributed by atoms with Crippen molar-refractivity contribution in [1.29, 1.82) is 0 Å². The highest BCUT2D eigenvalue weighted by atomic mass is 16.2. The fourth-order valence-electron chi connectivity index (χ4n) is 3.14. The van der Waals surface area contributed by atoms with Crippen molar-refractivity contribution in [2.24, 2.45) is 5.92 Å². The first-order chi connectivity index (χ1) is 13.1. The van der Waals surface area contributed by atoms with E-state index in [-0.39, 0.29) is 11.8 Å². The van der Waals surface area contributed by atoms with Crippen LogP contribution in [0.4, 0.5) is 17.6 Å². The van der Waals surface area contributed by atoms with Crippen molar-refractivity contribution in [3.63, 3.8) is 0 Å². The van der Waals surface area contributed by atoms with Gasteiger partial charge < -0.3 is 9.80 Å². The number of aromatic nitrogens is 4. The molecule has 1 amide bonds. The molecule has 1 aliphatic rings. The number of hydrogen-bond donors (Lipinski definition) is 1. The zero-order chi connectivity index (χ0) is 18.8. The molecule has 1 N–H and O–H groups in total. The summed E-state index contributed by atoms with van der Waals surface area (Å²) in [7, 11) is 0. The Morgan fingerprint density at radius 3 is 2.52 bits per heavy atom. The van der Waals surface area contributed by atoms with Gasteiger partial charge in [0.2, 0.25) is 11.9 Å². The molecule has 0 saturated carbocycles. The quantitative estimate of drug-likeness (QED) is 0.762. The highest BCUT2D eigenvalue weighted by molar-refractivity contribution is 5.90. The molecule has 8 nitrogen and oxygen atoms in total. The van der Waals surface area contributed by atoms with Crippen molar-refractivity contribution < 1.29 is 4.79 Å². The van der Waals surface area contributed by atoms with Crippen molar-refractivity contribution in [3.8, 4) is 0 Å². The van der Waals surface area contributed by atoms with Gasteiger partial charge in [-0.25, -0.2) is 4.98 Å². The number of hydrogen-bond acceptors (Lipinski definition) is 6. The number of pyridine rings is 2. The third-order valence-electron chi connectivity index (χ3n) is 4.68. The van der Waals surface area contributed by atoms with Gasteiger partial charge in [0.1, 0.15) is 11.6 Å². The van der Waals surface area contributed by atoms with E-state index in [9.17, 15) is 4.79 Å². The van der Waals surface area contributed by atoms with E-state index in [1.807, 2.05) is 56.4 Å². The largest absolute Gasteiger partial charge is 0.353 e. The van der Waals surface area contributed by atoms with Gasteiger partial charge >= 0.3 is 0 Å². The average molecular weight is 365 g/mol. The molecule has 0 bridgehead atoms. The van der Waals surface area contributed by atoms with E-state index >= 15 is 0 Å². The molecule has 0 spiro atoms. The molecule has 4 rings (SSSR count). The summed E-state index contributed by atoms with van der Waals surface area (Å²) in [6.07, 6.45) is 1.82. The summed E-state index contributed by atoms with van der Waals surface area (Å²) in [6, 6.07) is 11.9. The minimum Gasteiger partial charge on any atom is -0.353 e. The standard InChI is InChI=1S/C19H23N7O/c1-14(2)18(27)22-19-21-16-7-5-8-17(26(16)23-19)25-12-10-24(11-13-25)15-6-3-4-9-20-15/h3-9,14H,10-13H2,1-2H3,(H,22,23,27). The average Bonchev–Trinajstić information content (AvgIpc) is 3.11. The van der Waals surface area contributed by atoms with E-state index in [2.05, 4.69) is 30.2 Å². The Morgan fingerprint density at radius 2 is 1.81 bits per heavy atom. The number of fused-ring (bicyclic) bond motifs is 1. The zero-order valence-electron chi connectivity index (χ0n) is 15.5. The summed E-state index contributed by atoms with van der Waals surface area (Å²) < 4.78 is 1.80. The van der Waals surface area contributed by atoms with Crippen LogP contribution in [0.5, 0.6) is 0 Å². The number of nitrogens with one attached hydrogen (secondary N) is 1. The third kappa shape index (κ3) is 3.55. The molecule has 4 heterocycles. The van der Waals surface area contributed by atoms with Gasteiger partial charge in [-0.05, 0) is 24.3 Å². The Morgan fingerprint density at radius 1 is 1.04 bits per heavy atom. The summed E-state index contributed by atoms with van der Waals surface area (Å²) in [5.74, 6) is 2.13. The molecule has 3 aromatic heterocycles. The van der Waals surface area contributed by atoms with Crippen LogP contribution >= 0.6 is 0 Å². The number of carbonyl (C=O) groups is 1. The third-order valence-corrected chi connectivity index (χ3v) is 4.68. The highest BCUT2D eigenvalue weighted by Crippen LogP contribution is 2.21. The number of amides is 1. The fraction of sp³-hybridized carbons (Fsp3) is 0.368. The fourth-order valence-corrected chi connectivity index (χ4v) is 3.14. The predicted octanol–water partition coefficient (Wildman–Crippen LogP) is 2.05. The van der Waals surface area contributed by atoms with Crippen LogP contribution in [-0.4, -0.2) is 51.7 Å². The van der Waals surface area contributed by atoms with Crippen molar-refractivity contribution in [3.05, 3.63) is 42.6 Å². The molecule has 1 fully saturated rings. The summed E-state index contributed by atoms with van der Waals surface area (Å²) in [5, 5.41) is 7.27. The lowest BCUT2D eigenvalue weighted by atomic mass is 10.2. The summed E-state index contributed by atoms with van der Waals surface area (Å²) in [5.41, 5.74) is 0.721. The molecule has 0 unspecified atom stereocenters. The Hall–Kier alpha value is -3.16.